The first-order chi connectivity index (χ1) is 15.2. The number of hydrogen-bond donors (Lipinski definition) is 2. The van der Waals surface area contributed by atoms with Crippen molar-refractivity contribution in [1.29, 1.82) is 0 Å². The van der Waals surface area contributed by atoms with Crippen LogP contribution in [0.4, 0.5) is 5.82 Å². The summed E-state index contributed by atoms with van der Waals surface area (Å²) in [4.78, 5) is 16.7. The Morgan fingerprint density at radius 1 is 1.19 bits per heavy atom. The summed E-state index contributed by atoms with van der Waals surface area (Å²) >= 11 is 0. The van der Waals surface area contributed by atoms with Crippen LogP contribution in [0.25, 0.3) is 0 Å². The second kappa shape index (κ2) is 9.79. The highest BCUT2D eigenvalue weighted by atomic mass is 32.2. The van der Waals surface area contributed by atoms with Gasteiger partial charge < -0.3 is 19.9 Å². The van der Waals surface area contributed by atoms with E-state index in [2.05, 4.69) is 15.4 Å². The van der Waals surface area contributed by atoms with Crippen molar-refractivity contribution in [2.75, 3.05) is 18.2 Å². The van der Waals surface area contributed by atoms with E-state index in [1.54, 1.807) is 29.9 Å². The normalized spacial score (nSPS) is 12.2. The number of aliphatic hydroxyl groups is 1. The Kier molecular flexibility index (Phi) is 7.11. The number of anilines is 1. The predicted octanol–water partition coefficient (Wildman–Crippen LogP) is 2.51. The third-order valence-corrected chi connectivity index (χ3v) is 5.27. The predicted molar refractivity (Wildman–Crippen MR) is 117 cm³/mol. The zero-order chi connectivity index (χ0) is 23.3. The minimum Gasteiger partial charge on any atom is -0.488 e. The van der Waals surface area contributed by atoms with E-state index >= 15 is 0 Å². The van der Waals surface area contributed by atoms with Gasteiger partial charge in [0.2, 0.25) is 0 Å². The molecule has 2 heterocycles. The number of aliphatic hydroxyl groups excluding tert-OH is 1. The maximum Gasteiger partial charge on any atom is 0.257 e. The van der Waals surface area contributed by atoms with Gasteiger partial charge in [0.15, 0.2) is 20.7 Å². The van der Waals surface area contributed by atoms with E-state index in [9.17, 15) is 18.3 Å². The highest BCUT2D eigenvalue weighted by molar-refractivity contribution is 7.90. The maximum absolute atomic E-state index is 12.8. The molecule has 0 aliphatic rings. The van der Waals surface area contributed by atoms with Gasteiger partial charge in [0.05, 0.1) is 12.8 Å². The lowest BCUT2D eigenvalue weighted by Gasteiger charge is -2.15. The number of amides is 1. The number of benzene rings is 1. The van der Waals surface area contributed by atoms with Crippen LogP contribution in [-0.2, 0) is 16.4 Å². The molecule has 1 amide bonds. The number of hydrogen-bond acceptors (Lipinski definition) is 8. The molecule has 0 radical (unpaired) electrons. The number of carbonyl (C=O) groups excluding carboxylic acids is 1. The third kappa shape index (κ3) is 6.05. The molecular weight excluding hydrogens is 436 g/mol. The van der Waals surface area contributed by atoms with E-state index in [1.807, 2.05) is 6.92 Å². The molecule has 2 N–H and O–H groups in total. The molecule has 32 heavy (non-hydrogen) atoms. The van der Waals surface area contributed by atoms with E-state index in [-0.39, 0.29) is 28.7 Å². The molecule has 1 aromatic carbocycles. The Bertz CT molecular complexity index is 1190. The van der Waals surface area contributed by atoms with Crippen molar-refractivity contribution in [3.05, 3.63) is 54.4 Å². The monoisotopic (exact) mass is 460 g/mol. The summed E-state index contributed by atoms with van der Waals surface area (Å²) in [6.07, 6.45) is 3.59. The molecule has 10 nitrogen and oxygen atoms in total. The Hall–Kier alpha value is -3.44. The summed E-state index contributed by atoms with van der Waals surface area (Å²) in [7, 11) is -3.43. The first kappa shape index (κ1) is 23.2. The molecule has 0 saturated carbocycles. The number of nitrogens with zero attached hydrogens (tertiary/aromatic N) is 3. The summed E-state index contributed by atoms with van der Waals surface area (Å²) in [5.74, 6) is 0.830. The van der Waals surface area contributed by atoms with E-state index in [1.165, 1.54) is 30.5 Å². The molecule has 3 rings (SSSR count). The lowest BCUT2D eigenvalue weighted by molar-refractivity contribution is 0.102. The number of carbonyl (C=O) groups is 1. The highest BCUT2D eigenvalue weighted by Crippen LogP contribution is 2.28. The van der Waals surface area contributed by atoms with Gasteiger partial charge in [-0.3, -0.25) is 9.48 Å². The molecule has 11 heteroatoms. The minimum absolute atomic E-state index is 0.0784. The van der Waals surface area contributed by atoms with Crippen LogP contribution in [0.1, 0.15) is 24.2 Å². The molecule has 0 bridgehead atoms. The average molecular weight is 461 g/mol. The van der Waals surface area contributed by atoms with Crippen molar-refractivity contribution in [2.24, 2.45) is 0 Å². The number of nitrogens with one attached hydrogen (secondary N) is 1. The molecule has 0 fully saturated rings. The van der Waals surface area contributed by atoms with Crippen LogP contribution in [0.2, 0.25) is 0 Å². The van der Waals surface area contributed by atoms with Crippen molar-refractivity contribution >= 4 is 21.6 Å². The largest absolute Gasteiger partial charge is 0.488 e. The number of aromatic nitrogens is 3. The van der Waals surface area contributed by atoms with Crippen LogP contribution in [-0.4, -0.2) is 53.2 Å². The molecule has 0 aliphatic carbocycles. The van der Waals surface area contributed by atoms with Gasteiger partial charge in [0, 0.05) is 36.7 Å². The molecule has 3 aromatic rings. The van der Waals surface area contributed by atoms with E-state index in [4.69, 9.17) is 9.47 Å². The molecule has 0 spiro atoms. The Labute approximate surface area is 185 Å². The number of rotatable bonds is 9. The topological polar surface area (TPSA) is 133 Å². The van der Waals surface area contributed by atoms with Gasteiger partial charge in [-0.2, -0.15) is 5.10 Å². The van der Waals surface area contributed by atoms with Crippen LogP contribution >= 0.6 is 0 Å². The van der Waals surface area contributed by atoms with Crippen molar-refractivity contribution in [1.82, 2.24) is 14.8 Å². The number of aryl methyl sites for hydroxylation is 1. The molecule has 1 unspecified atom stereocenters. The molecule has 0 aliphatic heterocycles. The summed E-state index contributed by atoms with van der Waals surface area (Å²) in [6.45, 7) is 4.07. The van der Waals surface area contributed by atoms with Crippen LogP contribution < -0.4 is 14.8 Å². The molecule has 1 atom stereocenters. The van der Waals surface area contributed by atoms with Gasteiger partial charge in [-0.15, -0.1) is 0 Å². The van der Waals surface area contributed by atoms with Gasteiger partial charge >= 0.3 is 0 Å². The molecule has 2 aromatic heterocycles. The standard InChI is InChI=1S/C21H24N4O6S/c1-4-25-8-7-19(24-25)23-21(27)15-9-17(30-14(2)13-26)11-18(10-15)31-16-5-6-20(22-12-16)32(3,28)29/h5-12,14,26H,4,13H2,1-3H3,(H,23,24,27). The van der Waals surface area contributed by atoms with Crippen molar-refractivity contribution in [3.63, 3.8) is 0 Å². The van der Waals surface area contributed by atoms with E-state index in [0.29, 0.717) is 18.1 Å². The number of sulfone groups is 1. The van der Waals surface area contributed by atoms with Crippen LogP contribution in [0, 0.1) is 0 Å². The van der Waals surface area contributed by atoms with Crippen LogP contribution in [0.3, 0.4) is 0 Å². The Morgan fingerprint density at radius 2 is 1.94 bits per heavy atom. The summed E-state index contributed by atoms with van der Waals surface area (Å²) in [5.41, 5.74) is 0.245. The summed E-state index contributed by atoms with van der Waals surface area (Å²) in [6, 6.07) is 9.06. The fourth-order valence-corrected chi connectivity index (χ4v) is 3.23. The van der Waals surface area contributed by atoms with E-state index < -0.39 is 21.8 Å². The zero-order valence-electron chi connectivity index (χ0n) is 17.8. The average Bonchev–Trinajstić information content (AvgIpc) is 3.20. The van der Waals surface area contributed by atoms with Crippen molar-refractivity contribution < 1.29 is 27.8 Å². The maximum atomic E-state index is 12.8. The number of pyridine rings is 1. The Morgan fingerprint density at radius 3 is 2.53 bits per heavy atom. The minimum atomic E-state index is -3.43. The lowest BCUT2D eigenvalue weighted by atomic mass is 10.2. The van der Waals surface area contributed by atoms with E-state index in [0.717, 1.165) is 6.26 Å². The zero-order valence-corrected chi connectivity index (χ0v) is 18.7. The number of ether oxygens (including phenoxy) is 2. The SMILES string of the molecule is CCn1ccc(NC(=O)c2cc(Oc3ccc(S(C)(=O)=O)nc3)cc(OC(C)CO)c2)n1. The second-order valence-electron chi connectivity index (χ2n) is 7.02. The second-order valence-corrected chi connectivity index (χ2v) is 8.98. The van der Waals surface area contributed by atoms with Gasteiger partial charge in [-0.1, -0.05) is 0 Å². The fraction of sp³-hybridized carbons (Fsp3) is 0.286. The van der Waals surface area contributed by atoms with Crippen molar-refractivity contribution in [3.8, 4) is 17.2 Å². The van der Waals surface area contributed by atoms with Gasteiger partial charge in [0.1, 0.15) is 23.4 Å². The fourth-order valence-electron chi connectivity index (χ4n) is 2.67. The molecule has 0 saturated heterocycles. The first-order valence-corrected chi connectivity index (χ1v) is 11.7. The highest BCUT2D eigenvalue weighted by Gasteiger charge is 2.15. The van der Waals surface area contributed by atoms with Crippen molar-refractivity contribution in [2.45, 2.75) is 31.5 Å². The first-order valence-electron chi connectivity index (χ1n) is 9.79. The smallest absolute Gasteiger partial charge is 0.257 e. The summed E-state index contributed by atoms with van der Waals surface area (Å²) in [5, 5.41) is 16.1. The molecular formula is C21H24N4O6S. The quantitative estimate of drug-likeness (QED) is 0.498. The van der Waals surface area contributed by atoms with Crippen LogP contribution in [0.5, 0.6) is 17.2 Å². The van der Waals surface area contributed by atoms with Crippen LogP contribution in [0.15, 0.2) is 53.8 Å². The summed E-state index contributed by atoms with van der Waals surface area (Å²) < 4.78 is 36.2. The Balaban J connectivity index is 1.87. The van der Waals surface area contributed by atoms with Gasteiger partial charge in [-0.05, 0) is 38.1 Å². The molecule has 170 valence electrons. The third-order valence-electron chi connectivity index (χ3n) is 4.27. The lowest BCUT2D eigenvalue weighted by Crippen LogP contribution is -2.17. The van der Waals surface area contributed by atoms with Gasteiger partial charge in [0.25, 0.3) is 5.91 Å². The van der Waals surface area contributed by atoms with Gasteiger partial charge in [-0.25, -0.2) is 13.4 Å².